The van der Waals surface area contributed by atoms with Gasteiger partial charge in [0.15, 0.2) is 17.5 Å². The van der Waals surface area contributed by atoms with Gasteiger partial charge in [0.25, 0.3) is 0 Å². The molecule has 0 N–H and O–H groups in total. The number of nitrogens with zero attached hydrogens (tertiary/aromatic N) is 5. The van der Waals surface area contributed by atoms with Crippen molar-refractivity contribution >= 4 is 43.6 Å². The van der Waals surface area contributed by atoms with Gasteiger partial charge < -0.3 is 9.13 Å². The molecule has 290 valence electrons. The van der Waals surface area contributed by atoms with Crippen LogP contribution in [0.15, 0.2) is 224 Å². The lowest BCUT2D eigenvalue weighted by Crippen LogP contribution is -2.04. The summed E-state index contributed by atoms with van der Waals surface area (Å²) in [6, 6.07) is 79.4. The van der Waals surface area contributed by atoms with Gasteiger partial charge in [0, 0.05) is 49.5 Å². The number of hydrogen-bond acceptors (Lipinski definition) is 3. The summed E-state index contributed by atoms with van der Waals surface area (Å²) >= 11 is 0. The van der Waals surface area contributed by atoms with Crippen LogP contribution in [0.2, 0.25) is 0 Å². The first-order chi connectivity index (χ1) is 30.8. The van der Waals surface area contributed by atoms with E-state index in [1.807, 2.05) is 36.4 Å². The molecule has 0 saturated carbocycles. The van der Waals surface area contributed by atoms with Crippen LogP contribution in [0.1, 0.15) is 0 Å². The molecule has 0 amide bonds. The Bertz CT molecular complexity index is 3550. The van der Waals surface area contributed by atoms with Crippen molar-refractivity contribution in [3.8, 4) is 67.8 Å². The van der Waals surface area contributed by atoms with Gasteiger partial charge in [-0.1, -0.05) is 188 Å². The highest BCUT2D eigenvalue weighted by Crippen LogP contribution is 2.42. The second kappa shape index (κ2) is 14.7. The van der Waals surface area contributed by atoms with E-state index in [9.17, 15) is 0 Å². The van der Waals surface area contributed by atoms with Gasteiger partial charge in [-0.3, -0.25) is 0 Å². The summed E-state index contributed by atoms with van der Waals surface area (Å²) in [5, 5.41) is 4.76. The fraction of sp³-hybridized carbons (Fsp3) is 0. The molecule has 0 aliphatic rings. The van der Waals surface area contributed by atoms with Crippen molar-refractivity contribution < 1.29 is 0 Å². The third-order valence-corrected chi connectivity index (χ3v) is 12.0. The smallest absolute Gasteiger partial charge is 0.166 e. The van der Waals surface area contributed by atoms with E-state index >= 15 is 0 Å². The van der Waals surface area contributed by atoms with Crippen molar-refractivity contribution in [2.24, 2.45) is 0 Å². The van der Waals surface area contributed by atoms with E-state index in [4.69, 9.17) is 15.0 Å². The average molecular weight is 792 g/mol. The third kappa shape index (κ3) is 5.90. The lowest BCUT2D eigenvalue weighted by molar-refractivity contribution is 1.06. The molecule has 0 fully saturated rings. The van der Waals surface area contributed by atoms with Gasteiger partial charge in [0.1, 0.15) is 0 Å². The van der Waals surface area contributed by atoms with Gasteiger partial charge in [-0.25, -0.2) is 15.0 Å². The molecular weight excluding hydrogens is 755 g/mol. The van der Waals surface area contributed by atoms with Gasteiger partial charge >= 0.3 is 0 Å². The van der Waals surface area contributed by atoms with Gasteiger partial charge in [-0.15, -0.1) is 0 Å². The molecule has 5 nitrogen and oxygen atoms in total. The Hall–Kier alpha value is -8.41. The summed E-state index contributed by atoms with van der Waals surface area (Å²) in [5.41, 5.74) is 14.1. The van der Waals surface area contributed by atoms with Gasteiger partial charge in [0.2, 0.25) is 0 Å². The molecule has 3 heterocycles. The van der Waals surface area contributed by atoms with E-state index < -0.39 is 0 Å². The predicted octanol–water partition coefficient (Wildman–Crippen LogP) is 14.4. The Kier molecular flexibility index (Phi) is 8.42. The van der Waals surface area contributed by atoms with Gasteiger partial charge in [-0.2, -0.15) is 0 Å². The van der Waals surface area contributed by atoms with E-state index in [0.717, 1.165) is 44.6 Å². The molecule has 12 aromatic rings. The minimum atomic E-state index is 0.610. The molecule has 0 saturated heterocycles. The Morgan fingerprint density at radius 1 is 0.274 bits per heavy atom. The van der Waals surface area contributed by atoms with Crippen molar-refractivity contribution in [1.82, 2.24) is 24.1 Å². The van der Waals surface area contributed by atoms with Crippen molar-refractivity contribution in [3.05, 3.63) is 224 Å². The molecule has 0 aliphatic carbocycles. The molecular formula is C57H37N5. The van der Waals surface area contributed by atoms with Crippen molar-refractivity contribution in [2.75, 3.05) is 0 Å². The van der Waals surface area contributed by atoms with Crippen LogP contribution in [-0.2, 0) is 0 Å². The molecule has 0 aliphatic heterocycles. The molecule has 0 bridgehead atoms. The summed E-state index contributed by atoms with van der Waals surface area (Å²) in [6.45, 7) is 0. The first-order valence-corrected chi connectivity index (χ1v) is 21.0. The molecule has 0 atom stereocenters. The molecule has 12 rings (SSSR count). The van der Waals surface area contributed by atoms with Crippen LogP contribution in [0.4, 0.5) is 0 Å². The molecule has 9 aromatic carbocycles. The minimum Gasteiger partial charge on any atom is -0.309 e. The van der Waals surface area contributed by atoms with Crippen LogP contribution in [-0.4, -0.2) is 24.1 Å². The van der Waals surface area contributed by atoms with Crippen molar-refractivity contribution in [2.45, 2.75) is 0 Å². The van der Waals surface area contributed by atoms with Crippen LogP contribution in [0, 0.1) is 0 Å². The number of aromatic nitrogens is 5. The van der Waals surface area contributed by atoms with E-state index in [-0.39, 0.29) is 0 Å². The first-order valence-electron chi connectivity index (χ1n) is 21.0. The van der Waals surface area contributed by atoms with E-state index in [1.165, 1.54) is 49.3 Å². The zero-order chi connectivity index (χ0) is 41.0. The molecule has 0 spiro atoms. The van der Waals surface area contributed by atoms with Crippen LogP contribution in [0.5, 0.6) is 0 Å². The van der Waals surface area contributed by atoms with Crippen molar-refractivity contribution in [1.29, 1.82) is 0 Å². The summed E-state index contributed by atoms with van der Waals surface area (Å²) in [5.74, 6) is 1.87. The number of hydrogen-bond donors (Lipinski definition) is 0. The molecule has 0 unspecified atom stereocenters. The molecule has 5 heteroatoms. The number of fused-ring (bicyclic) bond motifs is 6. The van der Waals surface area contributed by atoms with Gasteiger partial charge in [-0.05, 0) is 53.1 Å². The second-order valence-corrected chi connectivity index (χ2v) is 15.6. The van der Waals surface area contributed by atoms with Crippen LogP contribution < -0.4 is 0 Å². The predicted molar refractivity (Wildman–Crippen MR) is 256 cm³/mol. The average Bonchev–Trinajstić information content (AvgIpc) is 3.87. The molecule has 3 aromatic heterocycles. The Morgan fingerprint density at radius 2 is 0.774 bits per heavy atom. The summed E-state index contributed by atoms with van der Waals surface area (Å²) < 4.78 is 4.86. The maximum atomic E-state index is 5.19. The Balaban J connectivity index is 1.14. The number of para-hydroxylation sites is 3. The van der Waals surface area contributed by atoms with E-state index in [0.29, 0.717) is 17.5 Å². The summed E-state index contributed by atoms with van der Waals surface area (Å²) in [6.07, 6.45) is 0. The zero-order valence-electron chi connectivity index (χ0n) is 33.6. The SMILES string of the molecule is c1ccc(-c2ccc3c4cccc(-c5ccccc5)c4n(-c4ccc5c6ccccc6n(-c6ccccc6-c6nc(-c7ccccc7)nc(-c7ccccc7)n6)c5c4)c3c2)cc1. The standard InChI is InChI=1S/C57H37N5/c1-5-18-38(19-6-1)42-32-34-47-48-29-17-28-44(39-20-7-2-8-21-39)54(48)61(52(47)36-42)43-33-35-46-45-26-13-15-30-50(45)62(53(46)37-43)51-31-16-14-27-49(51)57-59-55(40-22-9-3-10-23-40)58-56(60-57)41-24-11-4-12-25-41/h1-37H. The quantitative estimate of drug-likeness (QED) is 0.162. The zero-order valence-corrected chi connectivity index (χ0v) is 33.6. The number of benzene rings is 9. The second-order valence-electron chi connectivity index (χ2n) is 15.6. The third-order valence-electron chi connectivity index (χ3n) is 12.0. The van der Waals surface area contributed by atoms with Crippen LogP contribution >= 0.6 is 0 Å². The lowest BCUT2D eigenvalue weighted by atomic mass is 10.0. The molecule has 0 radical (unpaired) electrons. The van der Waals surface area contributed by atoms with E-state index in [2.05, 4.69) is 197 Å². The fourth-order valence-corrected chi connectivity index (χ4v) is 9.14. The fourth-order valence-electron chi connectivity index (χ4n) is 9.14. The van der Waals surface area contributed by atoms with E-state index in [1.54, 1.807) is 0 Å². The lowest BCUT2D eigenvalue weighted by Gasteiger charge is -2.16. The largest absolute Gasteiger partial charge is 0.309 e. The minimum absolute atomic E-state index is 0.610. The maximum Gasteiger partial charge on any atom is 0.166 e. The number of rotatable bonds is 7. The highest BCUT2D eigenvalue weighted by Gasteiger charge is 2.22. The van der Waals surface area contributed by atoms with Crippen LogP contribution in [0.25, 0.3) is 111 Å². The van der Waals surface area contributed by atoms with Crippen LogP contribution in [0.3, 0.4) is 0 Å². The highest BCUT2D eigenvalue weighted by molar-refractivity contribution is 6.15. The summed E-state index contributed by atoms with van der Waals surface area (Å²) in [4.78, 5) is 15.4. The highest BCUT2D eigenvalue weighted by atomic mass is 15.1. The maximum absolute atomic E-state index is 5.19. The Morgan fingerprint density at radius 3 is 1.48 bits per heavy atom. The molecule has 62 heavy (non-hydrogen) atoms. The topological polar surface area (TPSA) is 48.5 Å². The Labute approximate surface area is 358 Å². The summed E-state index contributed by atoms with van der Waals surface area (Å²) in [7, 11) is 0. The van der Waals surface area contributed by atoms with Gasteiger partial charge in [0.05, 0.1) is 27.8 Å². The first kappa shape index (κ1) is 35.5. The normalized spacial score (nSPS) is 11.5. The monoisotopic (exact) mass is 791 g/mol. The van der Waals surface area contributed by atoms with Crippen molar-refractivity contribution in [3.63, 3.8) is 0 Å².